The zero-order chi connectivity index (χ0) is 28.5. The lowest BCUT2D eigenvalue weighted by Gasteiger charge is -2.39. The first-order valence-corrected chi connectivity index (χ1v) is 14.3. The molecule has 2 N–H and O–H groups in total. The lowest BCUT2D eigenvalue weighted by Crippen LogP contribution is -2.43. The Kier molecular flexibility index (Phi) is 10.9. The highest BCUT2D eigenvalue weighted by atomic mass is 16.7. The second-order valence-corrected chi connectivity index (χ2v) is 10.7. The average Bonchev–Trinajstić information content (AvgIpc) is 3.51. The van der Waals surface area contributed by atoms with E-state index in [4.69, 9.17) is 14.2 Å². The molecule has 4 atom stereocenters. The molecule has 216 valence electrons. The smallest absolute Gasteiger partial charge is 0.303 e. The second-order valence-electron chi connectivity index (χ2n) is 10.7. The summed E-state index contributed by atoms with van der Waals surface area (Å²) in [6.07, 6.45) is 6.12. The molecule has 1 saturated heterocycles. The minimum Gasteiger partial charge on any atom is -0.453 e. The number of benzene rings is 2. The van der Waals surface area contributed by atoms with Gasteiger partial charge in [-0.1, -0.05) is 67.4 Å². The van der Waals surface area contributed by atoms with E-state index in [9.17, 15) is 14.7 Å². The number of amides is 1. The van der Waals surface area contributed by atoms with Crippen LogP contribution < -0.4 is 5.32 Å². The van der Waals surface area contributed by atoms with Crippen LogP contribution in [0.5, 0.6) is 0 Å². The van der Waals surface area contributed by atoms with E-state index >= 15 is 0 Å². The summed E-state index contributed by atoms with van der Waals surface area (Å²) in [6.45, 7) is 8.79. The van der Waals surface area contributed by atoms with Crippen LogP contribution in [0.4, 0.5) is 0 Å². The van der Waals surface area contributed by atoms with Crippen LogP contribution in [-0.4, -0.2) is 53.2 Å². The Hall–Kier alpha value is -3.04. The van der Waals surface area contributed by atoms with E-state index in [1.807, 2.05) is 54.6 Å². The monoisotopic (exact) mass is 550 g/mol. The van der Waals surface area contributed by atoms with Gasteiger partial charge < -0.3 is 24.6 Å². The van der Waals surface area contributed by atoms with Crippen molar-refractivity contribution < 1.29 is 28.9 Å². The van der Waals surface area contributed by atoms with E-state index in [1.165, 1.54) is 32.6 Å². The first-order valence-electron chi connectivity index (χ1n) is 14.3. The van der Waals surface area contributed by atoms with Crippen molar-refractivity contribution in [2.45, 2.75) is 89.7 Å². The highest BCUT2D eigenvalue weighted by Gasteiger charge is 2.34. The van der Waals surface area contributed by atoms with Crippen LogP contribution in [0, 0.1) is 0 Å². The van der Waals surface area contributed by atoms with Gasteiger partial charge in [0, 0.05) is 44.6 Å². The number of hydrogen-bond acceptors (Lipinski definition) is 7. The van der Waals surface area contributed by atoms with Gasteiger partial charge in [0.05, 0.1) is 18.8 Å². The Balaban J connectivity index is 1.46. The molecule has 8 nitrogen and oxygen atoms in total. The van der Waals surface area contributed by atoms with Crippen molar-refractivity contribution in [3.05, 3.63) is 83.4 Å². The Morgan fingerprint density at radius 1 is 1.07 bits per heavy atom. The molecule has 1 saturated carbocycles. The van der Waals surface area contributed by atoms with Gasteiger partial charge >= 0.3 is 5.97 Å². The highest BCUT2D eigenvalue weighted by molar-refractivity contribution is 5.82. The maximum absolute atomic E-state index is 12.2. The van der Waals surface area contributed by atoms with Gasteiger partial charge in [-0.2, -0.15) is 0 Å². The van der Waals surface area contributed by atoms with E-state index in [0.717, 1.165) is 41.8 Å². The molecule has 1 aliphatic carbocycles. The fraction of sp³-hybridized carbons (Fsp3) is 0.500. The largest absolute Gasteiger partial charge is 0.453 e. The predicted octanol–water partition coefficient (Wildman–Crippen LogP) is 4.72. The van der Waals surface area contributed by atoms with Crippen molar-refractivity contribution in [2.75, 3.05) is 13.1 Å². The van der Waals surface area contributed by atoms with Crippen LogP contribution in [0.25, 0.3) is 0 Å². The van der Waals surface area contributed by atoms with Crippen LogP contribution in [0.3, 0.4) is 0 Å². The van der Waals surface area contributed by atoms with Crippen LogP contribution in [0.15, 0.2) is 61.2 Å². The molecule has 8 heteroatoms. The molecule has 0 bridgehead atoms. The molecule has 1 amide bonds. The molecule has 2 aromatic carbocycles. The van der Waals surface area contributed by atoms with Crippen LogP contribution in [0.1, 0.15) is 80.6 Å². The number of ether oxygens (including phenoxy) is 3. The molecular weight excluding hydrogens is 508 g/mol. The third-order valence-electron chi connectivity index (χ3n) is 7.69. The number of carbonyl (C=O) groups excluding carboxylic acids is 2. The Bertz CT molecular complexity index is 1110. The molecular formula is C32H42N2O6. The number of hydrogen-bond donors (Lipinski definition) is 2. The van der Waals surface area contributed by atoms with E-state index in [1.54, 1.807) is 6.92 Å². The van der Waals surface area contributed by atoms with E-state index < -0.39 is 18.4 Å². The number of aliphatic hydroxyl groups is 1. The SMILES string of the molecule is C=CCN(C[C@H]1C[C@@H](c2ccc(CO)cc2)O[C@@H](c2ccc(CNC(=O)[C@H](C)OC(C)=O)cc2)O1)C1CCCC1. The molecule has 40 heavy (non-hydrogen) atoms. The van der Waals surface area contributed by atoms with Gasteiger partial charge in [-0.15, -0.1) is 6.58 Å². The maximum Gasteiger partial charge on any atom is 0.303 e. The molecule has 2 aromatic rings. The van der Waals surface area contributed by atoms with Gasteiger partial charge in [0.1, 0.15) is 0 Å². The fourth-order valence-electron chi connectivity index (χ4n) is 5.53. The summed E-state index contributed by atoms with van der Waals surface area (Å²) in [5.74, 6) is -0.834. The molecule has 0 spiro atoms. The Labute approximate surface area is 237 Å². The van der Waals surface area contributed by atoms with Gasteiger partial charge in [-0.25, -0.2) is 0 Å². The standard InChI is InChI=1S/C32H42N2O6/c1-4-17-34(28-7-5-6-8-28)20-29-18-30(26-13-11-25(21-35)12-14-26)40-32(39-29)27-15-9-24(10-16-27)19-33-31(37)22(2)38-23(3)36/h4,9-16,22,28-30,32,35H,1,5-8,17-21H2,2-3H3,(H,33,37)/t22-,29+,30-,32-/m0/s1. The lowest BCUT2D eigenvalue weighted by atomic mass is 9.99. The van der Waals surface area contributed by atoms with Crippen LogP contribution >= 0.6 is 0 Å². The summed E-state index contributed by atoms with van der Waals surface area (Å²) in [4.78, 5) is 25.8. The van der Waals surface area contributed by atoms with Gasteiger partial charge in [-0.3, -0.25) is 14.5 Å². The molecule has 0 aromatic heterocycles. The number of nitrogens with one attached hydrogen (secondary N) is 1. The third-order valence-corrected chi connectivity index (χ3v) is 7.69. The van der Waals surface area contributed by atoms with Gasteiger partial charge in [-0.05, 0) is 36.5 Å². The van der Waals surface area contributed by atoms with Crippen molar-refractivity contribution in [3.63, 3.8) is 0 Å². The zero-order valence-corrected chi connectivity index (χ0v) is 23.6. The van der Waals surface area contributed by atoms with Crippen molar-refractivity contribution in [1.29, 1.82) is 0 Å². The molecule has 2 aliphatic rings. The summed E-state index contributed by atoms with van der Waals surface area (Å²) in [7, 11) is 0. The predicted molar refractivity (Wildman–Crippen MR) is 152 cm³/mol. The number of nitrogens with zero attached hydrogens (tertiary/aromatic N) is 1. The van der Waals surface area contributed by atoms with Gasteiger partial charge in [0.25, 0.3) is 5.91 Å². The average molecular weight is 551 g/mol. The Morgan fingerprint density at radius 3 is 2.35 bits per heavy atom. The van der Waals surface area contributed by atoms with Gasteiger partial charge in [0.15, 0.2) is 12.4 Å². The molecule has 1 heterocycles. The van der Waals surface area contributed by atoms with Crippen LogP contribution in [0.2, 0.25) is 0 Å². The first kappa shape index (κ1) is 29.9. The summed E-state index contributed by atoms with van der Waals surface area (Å²) >= 11 is 0. The first-order chi connectivity index (χ1) is 19.4. The van der Waals surface area contributed by atoms with E-state index in [-0.39, 0.29) is 24.7 Å². The quantitative estimate of drug-likeness (QED) is 0.292. The molecule has 2 fully saturated rings. The lowest BCUT2D eigenvalue weighted by molar-refractivity contribution is -0.253. The van der Waals surface area contributed by atoms with Crippen molar-refractivity contribution in [1.82, 2.24) is 10.2 Å². The highest BCUT2D eigenvalue weighted by Crippen LogP contribution is 2.38. The number of carbonyl (C=O) groups is 2. The number of aliphatic hydroxyl groups excluding tert-OH is 1. The molecule has 0 unspecified atom stereocenters. The number of rotatable bonds is 12. The number of esters is 1. The summed E-state index contributed by atoms with van der Waals surface area (Å²) in [5.41, 5.74) is 3.75. The molecule has 0 radical (unpaired) electrons. The zero-order valence-electron chi connectivity index (χ0n) is 23.6. The van der Waals surface area contributed by atoms with Crippen molar-refractivity contribution in [3.8, 4) is 0 Å². The topological polar surface area (TPSA) is 97.3 Å². The maximum atomic E-state index is 12.2. The molecule has 4 rings (SSSR count). The van der Waals surface area contributed by atoms with Gasteiger partial charge in [0.2, 0.25) is 0 Å². The van der Waals surface area contributed by atoms with Crippen molar-refractivity contribution >= 4 is 11.9 Å². The van der Waals surface area contributed by atoms with E-state index in [2.05, 4.69) is 16.8 Å². The van der Waals surface area contributed by atoms with Crippen molar-refractivity contribution in [2.24, 2.45) is 0 Å². The minimum atomic E-state index is -0.842. The minimum absolute atomic E-state index is 0.00747. The fourth-order valence-corrected chi connectivity index (χ4v) is 5.53. The van der Waals surface area contributed by atoms with E-state index in [0.29, 0.717) is 12.6 Å². The summed E-state index contributed by atoms with van der Waals surface area (Å²) in [6, 6.07) is 16.3. The Morgan fingerprint density at radius 2 is 1.73 bits per heavy atom. The summed E-state index contributed by atoms with van der Waals surface area (Å²) < 4.78 is 18.0. The van der Waals surface area contributed by atoms with Crippen LogP contribution in [-0.2, 0) is 37.0 Å². The molecule has 1 aliphatic heterocycles. The summed E-state index contributed by atoms with van der Waals surface area (Å²) in [5, 5.41) is 12.3. The second kappa shape index (κ2) is 14.6. The normalized spacial score (nSPS) is 22.1. The third kappa shape index (κ3) is 8.24.